The number of likely N-dealkylation sites (N-methyl/N-ethyl adjacent to an activating group) is 1. The second kappa shape index (κ2) is 13.9. The Balaban J connectivity index is 1.42. The van der Waals surface area contributed by atoms with Gasteiger partial charge < -0.3 is 14.7 Å². The van der Waals surface area contributed by atoms with Gasteiger partial charge in [-0.15, -0.1) is 0 Å². The molecule has 4 aromatic carbocycles. The first-order chi connectivity index (χ1) is 21.6. The topological polar surface area (TPSA) is 99.2 Å². The number of hydrogen-bond donors (Lipinski definition) is 2. The van der Waals surface area contributed by atoms with Crippen molar-refractivity contribution in [3.05, 3.63) is 114 Å². The number of nitrogens with zero attached hydrogens (tertiary/aromatic N) is 2. The number of aliphatic hydroxyl groups is 1. The molecule has 0 unspecified atom stereocenters. The highest BCUT2D eigenvalue weighted by atomic mass is 32.2. The highest BCUT2D eigenvalue weighted by Crippen LogP contribution is 2.36. The quantitative estimate of drug-likeness (QED) is 0.230. The Morgan fingerprint density at radius 2 is 1.62 bits per heavy atom. The van der Waals surface area contributed by atoms with Crippen molar-refractivity contribution in [2.45, 2.75) is 44.4 Å². The van der Waals surface area contributed by atoms with Crippen LogP contribution in [0, 0.1) is 12.8 Å². The van der Waals surface area contributed by atoms with Crippen LogP contribution in [-0.4, -0.2) is 68.1 Å². The van der Waals surface area contributed by atoms with E-state index >= 15 is 0 Å². The standard InChI is InChI=1S/C36H41N3O5S/c1-25-13-19-31(20-14-25)45(42,43)37-33-12-8-11-32-35(33)44-34(26(2)21-39(36(32)41)27(3)24-40)23-38(4)22-28-15-17-30(18-16-28)29-9-6-5-7-10-29/h5-20,26-27,34,37,40H,21-24H2,1-4H3/t26-,27+,34-/m0/s1. The molecule has 0 bridgehead atoms. The molecule has 0 radical (unpaired) electrons. The first-order valence-electron chi connectivity index (χ1n) is 15.2. The predicted octanol–water partition coefficient (Wildman–Crippen LogP) is 5.81. The second-order valence-corrected chi connectivity index (χ2v) is 13.7. The van der Waals surface area contributed by atoms with Crippen molar-refractivity contribution in [2.24, 2.45) is 5.92 Å². The normalized spacial score (nSPS) is 17.6. The fraction of sp³-hybridized carbons (Fsp3) is 0.306. The fourth-order valence-electron chi connectivity index (χ4n) is 5.58. The van der Waals surface area contributed by atoms with Crippen LogP contribution in [0.2, 0.25) is 0 Å². The summed E-state index contributed by atoms with van der Waals surface area (Å²) >= 11 is 0. The van der Waals surface area contributed by atoms with Crippen LogP contribution in [-0.2, 0) is 16.6 Å². The molecule has 45 heavy (non-hydrogen) atoms. The summed E-state index contributed by atoms with van der Waals surface area (Å²) in [6.07, 6.45) is -0.385. The molecule has 0 saturated carbocycles. The SMILES string of the molecule is Cc1ccc(S(=O)(=O)Nc2cccc3c2O[C@@H](CN(C)Cc2ccc(-c4ccccc4)cc2)[C@@H](C)CN([C@H](C)CO)C3=O)cc1. The summed E-state index contributed by atoms with van der Waals surface area (Å²) in [7, 11) is -1.94. The third kappa shape index (κ3) is 7.56. The van der Waals surface area contributed by atoms with Gasteiger partial charge in [0.05, 0.1) is 28.8 Å². The van der Waals surface area contributed by atoms with Gasteiger partial charge >= 0.3 is 0 Å². The molecule has 236 valence electrons. The molecule has 1 aliphatic heterocycles. The Labute approximate surface area is 266 Å². The number of hydrogen-bond acceptors (Lipinski definition) is 6. The van der Waals surface area contributed by atoms with Gasteiger partial charge in [-0.1, -0.05) is 85.3 Å². The average molecular weight is 628 g/mol. The third-order valence-electron chi connectivity index (χ3n) is 8.27. The highest BCUT2D eigenvalue weighted by molar-refractivity contribution is 7.92. The summed E-state index contributed by atoms with van der Waals surface area (Å²) in [5.74, 6) is -0.258. The second-order valence-electron chi connectivity index (χ2n) is 12.0. The summed E-state index contributed by atoms with van der Waals surface area (Å²) < 4.78 is 36.1. The molecule has 1 heterocycles. The zero-order chi connectivity index (χ0) is 32.1. The van der Waals surface area contributed by atoms with Gasteiger partial charge in [-0.05, 0) is 61.9 Å². The molecule has 0 aromatic heterocycles. The monoisotopic (exact) mass is 627 g/mol. The number of aliphatic hydroxyl groups excluding tert-OH is 1. The summed E-state index contributed by atoms with van der Waals surface area (Å²) in [6.45, 7) is 7.09. The van der Waals surface area contributed by atoms with Gasteiger partial charge in [0.25, 0.3) is 15.9 Å². The number of para-hydroxylation sites is 1. The number of ether oxygens (including phenoxy) is 1. The molecule has 2 N–H and O–H groups in total. The molecule has 1 aliphatic rings. The van der Waals surface area contributed by atoms with E-state index in [0.717, 1.165) is 22.3 Å². The van der Waals surface area contributed by atoms with Gasteiger partial charge in [0.2, 0.25) is 0 Å². The van der Waals surface area contributed by atoms with Crippen LogP contribution in [0.4, 0.5) is 5.69 Å². The maximum atomic E-state index is 13.8. The minimum atomic E-state index is -3.96. The lowest BCUT2D eigenvalue weighted by atomic mass is 9.98. The number of amides is 1. The Bertz CT molecular complexity index is 1710. The third-order valence-corrected chi connectivity index (χ3v) is 9.65. The maximum absolute atomic E-state index is 13.8. The van der Waals surface area contributed by atoms with Gasteiger partial charge in [-0.25, -0.2) is 8.42 Å². The number of benzene rings is 4. The van der Waals surface area contributed by atoms with E-state index in [0.29, 0.717) is 19.6 Å². The van der Waals surface area contributed by atoms with E-state index in [1.807, 2.05) is 39.1 Å². The van der Waals surface area contributed by atoms with Crippen molar-refractivity contribution in [1.29, 1.82) is 0 Å². The summed E-state index contributed by atoms with van der Waals surface area (Å²) in [5.41, 5.74) is 4.84. The van der Waals surface area contributed by atoms with Crippen LogP contribution in [0.3, 0.4) is 0 Å². The van der Waals surface area contributed by atoms with E-state index < -0.39 is 16.1 Å². The molecule has 8 nitrogen and oxygen atoms in total. The lowest BCUT2D eigenvalue weighted by Crippen LogP contribution is -2.49. The first-order valence-corrected chi connectivity index (χ1v) is 16.7. The minimum absolute atomic E-state index is 0.112. The van der Waals surface area contributed by atoms with Gasteiger partial charge in [0, 0.05) is 25.6 Å². The maximum Gasteiger partial charge on any atom is 0.262 e. The fourth-order valence-corrected chi connectivity index (χ4v) is 6.64. The molecule has 3 atom stereocenters. The van der Waals surface area contributed by atoms with Crippen LogP contribution in [0.5, 0.6) is 5.75 Å². The van der Waals surface area contributed by atoms with Crippen LogP contribution in [0.15, 0.2) is 102 Å². The van der Waals surface area contributed by atoms with E-state index in [4.69, 9.17) is 4.74 Å². The highest BCUT2D eigenvalue weighted by Gasteiger charge is 2.35. The summed E-state index contributed by atoms with van der Waals surface area (Å²) in [4.78, 5) is 17.7. The van der Waals surface area contributed by atoms with E-state index in [9.17, 15) is 18.3 Å². The lowest BCUT2D eigenvalue weighted by molar-refractivity contribution is 0.0344. The number of aryl methyl sites for hydroxylation is 1. The van der Waals surface area contributed by atoms with Gasteiger partial charge in [-0.2, -0.15) is 0 Å². The Morgan fingerprint density at radius 1 is 0.956 bits per heavy atom. The summed E-state index contributed by atoms with van der Waals surface area (Å²) in [5, 5.41) is 10.00. The van der Waals surface area contributed by atoms with E-state index in [-0.39, 0.29) is 46.4 Å². The number of carbonyl (C=O) groups is 1. The van der Waals surface area contributed by atoms with Crippen LogP contribution >= 0.6 is 0 Å². The largest absolute Gasteiger partial charge is 0.486 e. The molecule has 0 saturated heterocycles. The van der Waals surface area contributed by atoms with Gasteiger partial charge in [0.15, 0.2) is 5.75 Å². The average Bonchev–Trinajstić information content (AvgIpc) is 3.03. The molecule has 1 amide bonds. The van der Waals surface area contributed by atoms with E-state index in [1.54, 1.807) is 54.3 Å². The van der Waals surface area contributed by atoms with Crippen molar-refractivity contribution in [1.82, 2.24) is 9.80 Å². The molecular formula is C36H41N3O5S. The lowest BCUT2D eigenvalue weighted by Gasteiger charge is -2.38. The minimum Gasteiger partial charge on any atom is -0.486 e. The molecule has 9 heteroatoms. The Morgan fingerprint density at radius 3 is 2.29 bits per heavy atom. The van der Waals surface area contributed by atoms with Crippen LogP contribution in [0.1, 0.15) is 35.3 Å². The number of anilines is 1. The smallest absolute Gasteiger partial charge is 0.262 e. The molecule has 0 fully saturated rings. The van der Waals surface area contributed by atoms with Crippen molar-refractivity contribution >= 4 is 21.6 Å². The van der Waals surface area contributed by atoms with Gasteiger partial charge in [-0.3, -0.25) is 14.4 Å². The van der Waals surface area contributed by atoms with Crippen LogP contribution in [0.25, 0.3) is 11.1 Å². The number of rotatable bonds is 10. The molecular weight excluding hydrogens is 586 g/mol. The molecule has 4 aromatic rings. The first kappa shape index (κ1) is 32.2. The molecule has 0 spiro atoms. The van der Waals surface area contributed by atoms with Crippen LogP contribution < -0.4 is 9.46 Å². The number of nitrogens with one attached hydrogen (secondary N) is 1. The van der Waals surface area contributed by atoms with Crippen molar-refractivity contribution in [2.75, 3.05) is 31.5 Å². The van der Waals surface area contributed by atoms with Crippen molar-refractivity contribution in [3.63, 3.8) is 0 Å². The van der Waals surface area contributed by atoms with E-state index in [1.165, 1.54) is 0 Å². The Hall–Kier alpha value is -4.18. The molecule has 5 rings (SSSR count). The zero-order valence-corrected chi connectivity index (χ0v) is 27.0. The summed E-state index contributed by atoms with van der Waals surface area (Å²) in [6, 6.07) is 29.8. The van der Waals surface area contributed by atoms with Gasteiger partial charge in [0.1, 0.15) is 6.10 Å². The number of sulfonamides is 1. The van der Waals surface area contributed by atoms with Crippen molar-refractivity contribution in [3.8, 4) is 16.9 Å². The Kier molecular flexibility index (Phi) is 9.92. The predicted molar refractivity (Wildman–Crippen MR) is 178 cm³/mol. The zero-order valence-electron chi connectivity index (χ0n) is 26.2. The van der Waals surface area contributed by atoms with Crippen molar-refractivity contribution < 1.29 is 23.1 Å². The molecule has 0 aliphatic carbocycles. The number of fused-ring (bicyclic) bond motifs is 1. The number of carbonyl (C=O) groups excluding carboxylic acids is 1. The van der Waals surface area contributed by atoms with E-state index in [2.05, 4.69) is 46.0 Å².